The second-order valence-corrected chi connectivity index (χ2v) is 7.19. The Morgan fingerprint density at radius 1 is 1.19 bits per heavy atom. The van der Waals surface area contributed by atoms with Crippen LogP contribution in [-0.2, 0) is 21.3 Å². The van der Waals surface area contributed by atoms with E-state index in [2.05, 4.69) is 5.32 Å². The molecule has 0 aromatic heterocycles. The molecule has 0 bridgehead atoms. The monoisotopic (exact) mass is 461 g/mol. The van der Waals surface area contributed by atoms with Gasteiger partial charge in [-0.05, 0) is 37.3 Å². The third-order valence-corrected chi connectivity index (χ3v) is 4.94. The number of urea groups is 1. The number of carbonyl (C=O) groups is 3. The maximum Gasteiger partial charge on any atom is 0.418 e. The highest BCUT2D eigenvalue weighted by Crippen LogP contribution is 2.38. The van der Waals surface area contributed by atoms with E-state index in [0.29, 0.717) is 11.0 Å². The van der Waals surface area contributed by atoms with Crippen molar-refractivity contribution in [3.05, 3.63) is 64.2 Å². The summed E-state index contributed by atoms with van der Waals surface area (Å²) in [4.78, 5) is 37.7. The minimum Gasteiger partial charge on any atom is -0.323 e. The highest BCUT2D eigenvalue weighted by molar-refractivity contribution is 6.34. The predicted molar refractivity (Wildman–Crippen MR) is 99.0 cm³/mol. The van der Waals surface area contributed by atoms with Gasteiger partial charge in [0.2, 0.25) is 5.91 Å². The molecule has 0 spiro atoms. The smallest absolute Gasteiger partial charge is 0.323 e. The predicted octanol–water partition coefficient (Wildman–Crippen LogP) is 4.04. The molecule has 3 rings (SSSR count). The average molecular weight is 462 g/mol. The van der Waals surface area contributed by atoms with E-state index in [9.17, 15) is 36.3 Å². The van der Waals surface area contributed by atoms with Crippen LogP contribution in [0.3, 0.4) is 0 Å². The van der Waals surface area contributed by atoms with E-state index in [-0.39, 0.29) is 0 Å². The maximum atomic E-state index is 14.2. The average Bonchev–Trinajstić information content (AvgIpc) is 2.88. The van der Waals surface area contributed by atoms with Gasteiger partial charge in [-0.25, -0.2) is 13.6 Å². The topological polar surface area (TPSA) is 78.5 Å². The van der Waals surface area contributed by atoms with Crippen LogP contribution in [0.25, 0.3) is 0 Å². The highest BCUT2D eigenvalue weighted by Gasteiger charge is 2.51. The molecular formula is C19H13ClF5N3O3. The Balaban J connectivity index is 1.85. The van der Waals surface area contributed by atoms with E-state index in [0.717, 1.165) is 37.3 Å². The van der Waals surface area contributed by atoms with Gasteiger partial charge in [0.1, 0.15) is 23.7 Å². The van der Waals surface area contributed by atoms with Crippen molar-refractivity contribution in [2.45, 2.75) is 18.6 Å². The molecule has 0 saturated carbocycles. The molecule has 1 unspecified atom stereocenters. The zero-order chi connectivity index (χ0) is 23.1. The number of hydrogen-bond donors (Lipinski definition) is 2. The summed E-state index contributed by atoms with van der Waals surface area (Å²) in [6.45, 7) is 0.124. The lowest BCUT2D eigenvalue weighted by molar-refractivity contribution is -0.137. The fourth-order valence-electron chi connectivity index (χ4n) is 3.11. The van der Waals surface area contributed by atoms with Crippen molar-refractivity contribution in [3.63, 3.8) is 0 Å². The fourth-order valence-corrected chi connectivity index (χ4v) is 3.34. The number of benzene rings is 2. The van der Waals surface area contributed by atoms with Crippen LogP contribution in [-0.4, -0.2) is 29.3 Å². The molecule has 1 atom stereocenters. The summed E-state index contributed by atoms with van der Waals surface area (Å²) in [5.74, 6) is -4.09. The molecule has 1 aliphatic rings. The summed E-state index contributed by atoms with van der Waals surface area (Å²) in [6.07, 6.45) is -4.83. The van der Waals surface area contributed by atoms with E-state index in [1.165, 1.54) is 0 Å². The van der Waals surface area contributed by atoms with Gasteiger partial charge in [-0.15, -0.1) is 0 Å². The summed E-state index contributed by atoms with van der Waals surface area (Å²) in [5.41, 5.74) is -4.46. The molecule has 0 aliphatic carbocycles. The van der Waals surface area contributed by atoms with Gasteiger partial charge in [-0.2, -0.15) is 13.2 Å². The minimum atomic E-state index is -4.83. The molecule has 1 saturated heterocycles. The second kappa shape index (κ2) is 7.80. The lowest BCUT2D eigenvalue weighted by Gasteiger charge is -2.23. The molecule has 0 radical (unpaired) electrons. The first-order valence-electron chi connectivity index (χ1n) is 8.60. The first-order valence-corrected chi connectivity index (χ1v) is 8.97. The number of para-hydroxylation sites is 1. The molecule has 164 valence electrons. The number of carbonyl (C=O) groups excluding carboxylic acids is 3. The van der Waals surface area contributed by atoms with Crippen molar-refractivity contribution in [2.24, 2.45) is 0 Å². The van der Waals surface area contributed by atoms with Gasteiger partial charge in [0, 0.05) is 5.56 Å². The Bertz CT molecular complexity index is 1090. The molecule has 1 heterocycles. The second-order valence-electron chi connectivity index (χ2n) is 6.78. The van der Waals surface area contributed by atoms with Gasteiger partial charge in [0.05, 0.1) is 16.3 Å². The Hall–Kier alpha value is -3.21. The van der Waals surface area contributed by atoms with Crippen LogP contribution in [0, 0.1) is 11.6 Å². The zero-order valence-corrected chi connectivity index (χ0v) is 16.4. The normalized spacial score (nSPS) is 18.9. The zero-order valence-electron chi connectivity index (χ0n) is 15.6. The first-order chi connectivity index (χ1) is 14.3. The molecule has 2 aromatic carbocycles. The molecule has 12 heteroatoms. The van der Waals surface area contributed by atoms with E-state index in [1.54, 1.807) is 0 Å². The van der Waals surface area contributed by atoms with Crippen molar-refractivity contribution >= 4 is 35.1 Å². The minimum absolute atomic E-state index is 0.379. The third kappa shape index (κ3) is 4.18. The van der Waals surface area contributed by atoms with Crippen LogP contribution < -0.4 is 10.6 Å². The van der Waals surface area contributed by atoms with E-state index in [4.69, 9.17) is 11.6 Å². The van der Waals surface area contributed by atoms with Gasteiger partial charge in [0.25, 0.3) is 5.91 Å². The Kier molecular flexibility index (Phi) is 5.66. The number of halogens is 6. The summed E-state index contributed by atoms with van der Waals surface area (Å²) in [6, 6.07) is 4.04. The summed E-state index contributed by atoms with van der Waals surface area (Å²) in [5, 5.41) is 3.71. The summed E-state index contributed by atoms with van der Waals surface area (Å²) >= 11 is 5.76. The quantitative estimate of drug-likeness (QED) is 0.533. The van der Waals surface area contributed by atoms with Crippen molar-refractivity contribution in [3.8, 4) is 0 Å². The lowest BCUT2D eigenvalue weighted by Crippen LogP contribution is -2.43. The Labute approximate surface area is 177 Å². The van der Waals surface area contributed by atoms with Crippen LogP contribution in [0.1, 0.15) is 18.1 Å². The number of hydrogen-bond acceptors (Lipinski definition) is 3. The molecule has 31 heavy (non-hydrogen) atoms. The standard InChI is InChI=1S/C19H13ClF5N3O3/c1-18(11-7-9(21)5-6-13(11)22)16(30)28(17(31)27-18)8-14(29)26-15-10(19(23,24)25)3-2-4-12(15)20/h2-7H,8H2,1H3,(H,26,29)(H,27,31). The van der Waals surface area contributed by atoms with Crippen LogP contribution >= 0.6 is 11.6 Å². The molecule has 6 nitrogen and oxygen atoms in total. The highest BCUT2D eigenvalue weighted by atomic mass is 35.5. The van der Waals surface area contributed by atoms with Crippen molar-refractivity contribution < 1.29 is 36.3 Å². The Morgan fingerprint density at radius 2 is 1.87 bits per heavy atom. The fraction of sp³-hybridized carbons (Fsp3) is 0.211. The number of anilines is 1. The van der Waals surface area contributed by atoms with E-state index < -0.39 is 69.6 Å². The molecule has 1 fully saturated rings. The number of rotatable bonds is 4. The summed E-state index contributed by atoms with van der Waals surface area (Å²) < 4.78 is 67.2. The first kappa shape index (κ1) is 22.5. The van der Waals surface area contributed by atoms with E-state index >= 15 is 0 Å². The largest absolute Gasteiger partial charge is 0.418 e. The molecule has 2 aromatic rings. The Morgan fingerprint density at radius 3 is 2.52 bits per heavy atom. The molecular weight excluding hydrogens is 449 g/mol. The van der Waals surface area contributed by atoms with Gasteiger partial charge >= 0.3 is 12.2 Å². The summed E-state index contributed by atoms with van der Waals surface area (Å²) in [7, 11) is 0. The molecule has 2 N–H and O–H groups in total. The van der Waals surface area contributed by atoms with Crippen molar-refractivity contribution in [1.82, 2.24) is 10.2 Å². The third-order valence-electron chi connectivity index (χ3n) is 4.63. The van der Waals surface area contributed by atoms with Gasteiger partial charge < -0.3 is 10.6 Å². The van der Waals surface area contributed by atoms with E-state index in [1.807, 2.05) is 5.32 Å². The number of amides is 4. The van der Waals surface area contributed by atoms with Gasteiger partial charge in [-0.3, -0.25) is 14.5 Å². The van der Waals surface area contributed by atoms with Crippen molar-refractivity contribution in [1.29, 1.82) is 0 Å². The lowest BCUT2D eigenvalue weighted by atomic mass is 9.91. The van der Waals surface area contributed by atoms with Crippen LogP contribution in [0.5, 0.6) is 0 Å². The number of nitrogens with one attached hydrogen (secondary N) is 2. The van der Waals surface area contributed by atoms with Crippen molar-refractivity contribution in [2.75, 3.05) is 11.9 Å². The molecule has 1 aliphatic heterocycles. The number of nitrogens with zero attached hydrogens (tertiary/aromatic N) is 1. The maximum absolute atomic E-state index is 14.2. The SMILES string of the molecule is CC1(c2cc(F)ccc2F)NC(=O)N(CC(=O)Nc2c(Cl)cccc2C(F)(F)F)C1=O. The number of imide groups is 1. The molecule has 4 amide bonds. The number of alkyl halides is 3. The van der Waals surface area contributed by atoms with Gasteiger partial charge in [-0.1, -0.05) is 17.7 Å². The van der Waals surface area contributed by atoms with Gasteiger partial charge in [0.15, 0.2) is 0 Å². The van der Waals surface area contributed by atoms with Crippen LogP contribution in [0.15, 0.2) is 36.4 Å². The van der Waals surface area contributed by atoms with Crippen LogP contribution in [0.4, 0.5) is 32.4 Å². The van der Waals surface area contributed by atoms with Crippen LogP contribution in [0.2, 0.25) is 5.02 Å².